The Morgan fingerprint density at radius 1 is 0.378 bits per heavy atom. The van der Waals surface area contributed by atoms with E-state index in [4.69, 9.17) is 13.6 Å². The first-order valence-electron chi connectivity index (χ1n) is 21.1. The summed E-state index contributed by atoms with van der Waals surface area (Å²) in [6, 6.07) is 0. The Morgan fingerprint density at radius 2 is 0.644 bits per heavy atom. The zero-order valence-electron chi connectivity index (χ0n) is 30.8. The molecule has 2 bridgehead atoms. The lowest BCUT2D eigenvalue weighted by molar-refractivity contribution is -0.146. The number of unbranched alkanes of at least 4 members (excludes halogenated alkanes) is 30. The van der Waals surface area contributed by atoms with Crippen LogP contribution in [-0.2, 0) is 13.6 Å². The monoisotopic (exact) mass is 652 g/mol. The van der Waals surface area contributed by atoms with Gasteiger partial charge in [0.05, 0.1) is 0 Å². The SMILES string of the molecule is CCCCCCCCCCCCCCCCCCC1(CCCCCCCCCCCCCCCCCC)O[P+]23CC1(CO2)CO3. The van der Waals surface area contributed by atoms with Crippen LogP contribution < -0.4 is 0 Å². The molecule has 266 valence electrons. The largest absolute Gasteiger partial charge is 0.412 e. The van der Waals surface area contributed by atoms with Crippen LogP contribution >= 0.6 is 7.94 Å². The third-order valence-corrected chi connectivity index (χ3v) is 14.4. The first kappa shape index (κ1) is 39.7. The summed E-state index contributed by atoms with van der Waals surface area (Å²) in [7, 11) is -1.97. The molecule has 0 amide bonds. The van der Waals surface area contributed by atoms with E-state index in [2.05, 4.69) is 13.8 Å². The summed E-state index contributed by atoms with van der Waals surface area (Å²) in [5.41, 5.74) is 0.259. The van der Waals surface area contributed by atoms with Gasteiger partial charge in [0, 0.05) is 0 Å². The van der Waals surface area contributed by atoms with Crippen LogP contribution in [0.5, 0.6) is 0 Å². The van der Waals surface area contributed by atoms with E-state index in [1.807, 2.05) is 0 Å². The summed E-state index contributed by atoms with van der Waals surface area (Å²) >= 11 is 0. The second-order valence-corrected chi connectivity index (χ2v) is 18.0. The van der Waals surface area contributed by atoms with Gasteiger partial charge in [-0.15, -0.1) is 0 Å². The fraction of sp³-hybridized carbons (Fsp3) is 1.00. The highest BCUT2D eigenvalue weighted by molar-refractivity contribution is 7.62. The van der Waals surface area contributed by atoms with Gasteiger partial charge in [-0.2, -0.15) is 13.6 Å². The molecule has 3 fully saturated rings. The van der Waals surface area contributed by atoms with Crippen LogP contribution in [0.15, 0.2) is 0 Å². The minimum atomic E-state index is -1.97. The van der Waals surface area contributed by atoms with Gasteiger partial charge in [0.1, 0.15) is 24.2 Å². The van der Waals surface area contributed by atoms with Gasteiger partial charge in [0.2, 0.25) is 0 Å². The van der Waals surface area contributed by atoms with Gasteiger partial charge in [0.25, 0.3) is 0 Å². The normalized spacial score (nSPS) is 23.1. The van der Waals surface area contributed by atoms with E-state index in [0.29, 0.717) is 0 Å². The molecule has 0 atom stereocenters. The lowest BCUT2D eigenvalue weighted by Gasteiger charge is -2.44. The van der Waals surface area contributed by atoms with E-state index >= 15 is 0 Å². The molecule has 4 heteroatoms. The van der Waals surface area contributed by atoms with Crippen molar-refractivity contribution in [3.8, 4) is 0 Å². The van der Waals surface area contributed by atoms with E-state index in [-0.39, 0.29) is 11.0 Å². The van der Waals surface area contributed by atoms with Crippen LogP contribution in [0.4, 0.5) is 0 Å². The maximum absolute atomic E-state index is 6.84. The Bertz CT molecular complexity index is 652. The molecule has 3 aliphatic heterocycles. The molecular formula is C41H80O3P+. The predicted molar refractivity (Wildman–Crippen MR) is 198 cm³/mol. The fourth-order valence-corrected chi connectivity index (χ4v) is 12.0. The smallest absolute Gasteiger partial charge is 0.177 e. The molecule has 3 heterocycles. The van der Waals surface area contributed by atoms with Crippen LogP contribution in [-0.4, -0.2) is 25.0 Å². The van der Waals surface area contributed by atoms with Gasteiger partial charge >= 0.3 is 7.94 Å². The molecule has 0 radical (unpaired) electrons. The highest BCUT2D eigenvalue weighted by Gasteiger charge is 2.84. The average molecular weight is 652 g/mol. The molecule has 0 saturated carbocycles. The van der Waals surface area contributed by atoms with Crippen molar-refractivity contribution in [3.05, 3.63) is 0 Å². The van der Waals surface area contributed by atoms with Crippen molar-refractivity contribution in [2.24, 2.45) is 5.41 Å². The van der Waals surface area contributed by atoms with Crippen molar-refractivity contribution < 1.29 is 13.6 Å². The van der Waals surface area contributed by atoms with E-state index in [9.17, 15) is 0 Å². The lowest BCUT2D eigenvalue weighted by Crippen LogP contribution is -2.54. The highest BCUT2D eigenvalue weighted by atomic mass is 31.2. The molecule has 3 saturated heterocycles. The van der Waals surface area contributed by atoms with Gasteiger partial charge in [-0.05, 0) is 12.8 Å². The molecule has 0 unspecified atom stereocenters. The topological polar surface area (TPSA) is 27.7 Å². The molecule has 0 aromatic heterocycles. The zero-order chi connectivity index (χ0) is 31.8. The van der Waals surface area contributed by atoms with E-state index in [0.717, 1.165) is 19.4 Å². The first-order valence-corrected chi connectivity index (χ1v) is 22.8. The maximum Gasteiger partial charge on any atom is 0.412 e. The first-order chi connectivity index (χ1) is 22.2. The molecule has 0 spiro atoms. The minimum absolute atomic E-state index is 0.0727. The van der Waals surface area contributed by atoms with Crippen molar-refractivity contribution in [1.29, 1.82) is 0 Å². The van der Waals surface area contributed by atoms with Crippen LogP contribution in [0.25, 0.3) is 0 Å². The second-order valence-electron chi connectivity index (χ2n) is 15.8. The molecule has 0 aliphatic carbocycles. The molecule has 0 aromatic carbocycles. The average Bonchev–Trinajstić information content (AvgIpc) is 3.69. The van der Waals surface area contributed by atoms with E-state index in [1.54, 1.807) is 0 Å². The Balaban J connectivity index is 1.15. The lowest BCUT2D eigenvalue weighted by atomic mass is 9.69. The van der Waals surface area contributed by atoms with E-state index < -0.39 is 7.94 Å². The Kier molecular flexibility index (Phi) is 21.6. The standard InChI is InChI=1S/C41H80O3P/c1-3-5-7-9-11-13-15-17-19-21-23-25-27-29-31-33-35-41(40-37-42-45(39-40,44-41)43-38-40)36-34-32-30-28-26-24-22-20-18-16-14-12-10-8-6-4-2/h3-39H2,1-2H3/q+1. The van der Waals surface area contributed by atoms with Crippen molar-refractivity contribution in [2.75, 3.05) is 19.4 Å². The number of hydrogen-bond donors (Lipinski definition) is 0. The Labute approximate surface area is 283 Å². The number of rotatable bonds is 34. The Morgan fingerprint density at radius 3 is 0.867 bits per heavy atom. The van der Waals surface area contributed by atoms with Gasteiger partial charge in [-0.3, -0.25) is 0 Å². The third-order valence-electron chi connectivity index (χ3n) is 11.7. The fourth-order valence-electron chi connectivity index (χ4n) is 8.60. The molecular weight excluding hydrogens is 571 g/mol. The summed E-state index contributed by atoms with van der Waals surface area (Å²) < 4.78 is 19.1. The second kappa shape index (κ2) is 24.4. The Hall–Kier alpha value is 0.310. The van der Waals surface area contributed by atoms with Crippen LogP contribution in [0, 0.1) is 5.41 Å². The van der Waals surface area contributed by atoms with Crippen LogP contribution in [0.3, 0.4) is 0 Å². The van der Waals surface area contributed by atoms with E-state index in [1.165, 1.54) is 218 Å². The maximum atomic E-state index is 6.84. The highest BCUT2D eigenvalue weighted by Crippen LogP contribution is 2.86. The molecule has 45 heavy (non-hydrogen) atoms. The molecule has 0 aromatic rings. The van der Waals surface area contributed by atoms with Crippen LogP contribution in [0.2, 0.25) is 0 Å². The van der Waals surface area contributed by atoms with Gasteiger partial charge in [-0.25, -0.2) is 0 Å². The van der Waals surface area contributed by atoms with Crippen molar-refractivity contribution in [3.63, 3.8) is 0 Å². The summed E-state index contributed by atoms with van der Waals surface area (Å²) in [4.78, 5) is 0. The van der Waals surface area contributed by atoms with Crippen molar-refractivity contribution in [1.82, 2.24) is 0 Å². The quantitative estimate of drug-likeness (QED) is 0.0512. The number of hydrogen-bond acceptors (Lipinski definition) is 3. The molecule has 3 rings (SSSR count). The molecule has 3 nitrogen and oxygen atoms in total. The van der Waals surface area contributed by atoms with Crippen molar-refractivity contribution >= 4 is 7.94 Å². The summed E-state index contributed by atoms with van der Waals surface area (Å²) in [6.45, 7) is 6.45. The third kappa shape index (κ3) is 14.8. The minimum Gasteiger partial charge on any atom is -0.177 e. The zero-order valence-corrected chi connectivity index (χ0v) is 31.7. The van der Waals surface area contributed by atoms with Crippen LogP contribution in [0.1, 0.15) is 232 Å². The predicted octanol–water partition coefficient (Wildman–Crippen LogP) is 14.9. The summed E-state index contributed by atoms with van der Waals surface area (Å²) in [5, 5.41) is 0. The molecule has 3 aliphatic rings. The van der Waals surface area contributed by atoms with Gasteiger partial charge in [0.15, 0.2) is 6.16 Å². The summed E-state index contributed by atoms with van der Waals surface area (Å²) in [6.07, 6.45) is 49.5. The summed E-state index contributed by atoms with van der Waals surface area (Å²) in [5.74, 6) is 0. The van der Waals surface area contributed by atoms with Gasteiger partial charge < -0.3 is 0 Å². The molecule has 0 N–H and O–H groups in total. The van der Waals surface area contributed by atoms with Gasteiger partial charge in [-0.1, -0.05) is 219 Å². The van der Waals surface area contributed by atoms with Crippen molar-refractivity contribution in [2.45, 2.75) is 238 Å².